The topological polar surface area (TPSA) is 111 Å². The highest BCUT2D eigenvalue weighted by Gasteiger charge is 2.30. The van der Waals surface area contributed by atoms with Crippen LogP contribution in [0.5, 0.6) is 0 Å². The second-order valence-electron chi connectivity index (χ2n) is 6.63. The maximum atomic E-state index is 12.1. The Kier molecular flexibility index (Phi) is 4.82. The summed E-state index contributed by atoms with van der Waals surface area (Å²) in [6.07, 6.45) is 1.13. The molecule has 23 heavy (non-hydrogen) atoms. The second-order valence-corrected chi connectivity index (χ2v) is 6.63. The zero-order valence-corrected chi connectivity index (χ0v) is 14.0. The number of nitrogens with two attached hydrogens (primary N) is 1. The number of carbonyl (C=O) groups excluding carboxylic acids is 2. The van der Waals surface area contributed by atoms with Gasteiger partial charge in [-0.2, -0.15) is 5.10 Å². The molecule has 0 spiro atoms. The predicted molar refractivity (Wildman–Crippen MR) is 84.1 cm³/mol. The van der Waals surface area contributed by atoms with E-state index in [0.717, 1.165) is 12.8 Å². The van der Waals surface area contributed by atoms with E-state index >= 15 is 0 Å². The van der Waals surface area contributed by atoms with Crippen molar-refractivity contribution >= 4 is 17.7 Å². The van der Waals surface area contributed by atoms with Gasteiger partial charge in [0.15, 0.2) is 5.69 Å². The van der Waals surface area contributed by atoms with Crippen LogP contribution in [0.25, 0.3) is 0 Å². The van der Waals surface area contributed by atoms with E-state index in [1.165, 1.54) is 7.11 Å². The Balaban J connectivity index is 1.98. The molecule has 0 aromatic carbocycles. The van der Waals surface area contributed by atoms with Crippen LogP contribution in [-0.4, -0.2) is 53.0 Å². The van der Waals surface area contributed by atoms with Gasteiger partial charge in [-0.1, -0.05) is 0 Å². The van der Waals surface area contributed by atoms with Crippen LogP contribution < -0.4 is 5.73 Å². The third-order valence-electron chi connectivity index (χ3n) is 3.76. The molecule has 128 valence electrons. The lowest BCUT2D eigenvalue weighted by Crippen LogP contribution is -2.41. The molecule has 0 radical (unpaired) electrons. The molecule has 1 aromatic heterocycles. The highest BCUT2D eigenvalue weighted by molar-refractivity contribution is 5.93. The standard InChI is InChI=1S/C15H24N4O4/c1-15(2,3)23-14(21)19-7-5-9(6-8-19)11-10(16)12(18-17-11)13(20)22-4/h9H,5-8,16H2,1-4H3,(H,17,18). The van der Waals surface area contributed by atoms with Crippen molar-refractivity contribution in [1.29, 1.82) is 0 Å². The number of amides is 1. The number of aromatic nitrogens is 2. The summed E-state index contributed by atoms with van der Waals surface area (Å²) in [5, 5.41) is 6.78. The van der Waals surface area contributed by atoms with Crippen LogP contribution >= 0.6 is 0 Å². The van der Waals surface area contributed by atoms with Crippen LogP contribution in [0.2, 0.25) is 0 Å². The summed E-state index contributed by atoms with van der Waals surface area (Å²) >= 11 is 0. The van der Waals surface area contributed by atoms with Gasteiger partial charge in [0.1, 0.15) is 5.60 Å². The maximum Gasteiger partial charge on any atom is 0.410 e. The average molecular weight is 324 g/mol. The Bertz CT molecular complexity index is 583. The summed E-state index contributed by atoms with van der Waals surface area (Å²) in [4.78, 5) is 25.3. The quantitative estimate of drug-likeness (QED) is 0.804. The van der Waals surface area contributed by atoms with Crippen LogP contribution in [0.4, 0.5) is 10.5 Å². The molecule has 0 bridgehead atoms. The minimum absolute atomic E-state index is 0.100. The van der Waals surface area contributed by atoms with E-state index in [1.807, 2.05) is 20.8 Å². The minimum Gasteiger partial charge on any atom is -0.464 e. The monoisotopic (exact) mass is 324 g/mol. The number of ether oxygens (including phenoxy) is 2. The van der Waals surface area contributed by atoms with Gasteiger partial charge in [0.25, 0.3) is 0 Å². The molecule has 0 atom stereocenters. The number of nitrogen functional groups attached to an aromatic ring is 1. The summed E-state index contributed by atoms with van der Waals surface area (Å²) in [7, 11) is 1.29. The van der Waals surface area contributed by atoms with E-state index in [4.69, 9.17) is 10.5 Å². The van der Waals surface area contributed by atoms with Crippen molar-refractivity contribution in [2.45, 2.75) is 45.1 Å². The molecule has 1 saturated heterocycles. The van der Waals surface area contributed by atoms with Gasteiger partial charge in [0, 0.05) is 19.0 Å². The minimum atomic E-state index is -0.535. The molecule has 8 nitrogen and oxygen atoms in total. The summed E-state index contributed by atoms with van der Waals surface area (Å²) in [5.74, 6) is -0.434. The number of rotatable bonds is 2. The molecule has 0 saturated carbocycles. The number of methoxy groups -OCH3 is 1. The number of carbonyl (C=O) groups is 2. The Morgan fingerprint density at radius 3 is 2.43 bits per heavy atom. The van der Waals surface area contributed by atoms with Gasteiger partial charge in [-0.05, 0) is 33.6 Å². The van der Waals surface area contributed by atoms with E-state index in [-0.39, 0.29) is 17.7 Å². The van der Waals surface area contributed by atoms with Crippen molar-refractivity contribution in [2.24, 2.45) is 0 Å². The summed E-state index contributed by atoms with van der Waals surface area (Å²) < 4.78 is 10.0. The fraction of sp³-hybridized carbons (Fsp3) is 0.667. The van der Waals surface area contributed by atoms with Gasteiger partial charge in [-0.15, -0.1) is 0 Å². The highest BCUT2D eigenvalue weighted by Crippen LogP contribution is 2.32. The number of H-pyrrole nitrogens is 1. The number of aromatic amines is 1. The van der Waals surface area contributed by atoms with Crippen molar-refractivity contribution in [1.82, 2.24) is 15.1 Å². The highest BCUT2D eigenvalue weighted by atomic mass is 16.6. The van der Waals surface area contributed by atoms with Gasteiger partial charge in [-0.3, -0.25) is 5.10 Å². The van der Waals surface area contributed by atoms with Crippen molar-refractivity contribution in [3.63, 3.8) is 0 Å². The largest absolute Gasteiger partial charge is 0.464 e. The fourth-order valence-corrected chi connectivity index (χ4v) is 2.60. The molecule has 1 amide bonds. The number of piperidine rings is 1. The van der Waals surface area contributed by atoms with E-state index in [9.17, 15) is 9.59 Å². The lowest BCUT2D eigenvalue weighted by Gasteiger charge is -2.33. The number of nitrogens with zero attached hydrogens (tertiary/aromatic N) is 2. The molecule has 1 fully saturated rings. The Hall–Kier alpha value is -2.25. The lowest BCUT2D eigenvalue weighted by molar-refractivity contribution is 0.0204. The zero-order chi connectivity index (χ0) is 17.2. The number of likely N-dealkylation sites (tertiary alicyclic amines) is 1. The van der Waals surface area contributed by atoms with Crippen molar-refractivity contribution < 1.29 is 19.1 Å². The summed E-state index contributed by atoms with van der Waals surface area (Å²) in [5.41, 5.74) is 6.65. The molecule has 1 aliphatic rings. The number of nitrogens with one attached hydrogen (secondary N) is 1. The van der Waals surface area contributed by atoms with E-state index < -0.39 is 11.6 Å². The van der Waals surface area contributed by atoms with Crippen LogP contribution in [-0.2, 0) is 9.47 Å². The molecule has 2 rings (SSSR count). The third-order valence-corrected chi connectivity index (χ3v) is 3.76. The molecule has 2 heterocycles. The van der Waals surface area contributed by atoms with Crippen LogP contribution in [0, 0.1) is 0 Å². The van der Waals surface area contributed by atoms with Gasteiger partial charge in [0.05, 0.1) is 18.5 Å². The number of hydrogen-bond acceptors (Lipinski definition) is 6. The third kappa shape index (κ3) is 3.94. The average Bonchev–Trinajstić information content (AvgIpc) is 2.86. The van der Waals surface area contributed by atoms with E-state index in [0.29, 0.717) is 24.5 Å². The molecular weight excluding hydrogens is 300 g/mol. The zero-order valence-electron chi connectivity index (χ0n) is 14.0. The lowest BCUT2D eigenvalue weighted by atomic mass is 9.92. The van der Waals surface area contributed by atoms with Crippen molar-refractivity contribution in [2.75, 3.05) is 25.9 Å². The van der Waals surface area contributed by atoms with Gasteiger partial charge in [-0.25, -0.2) is 9.59 Å². The van der Waals surface area contributed by atoms with Crippen LogP contribution in [0.3, 0.4) is 0 Å². The second kappa shape index (κ2) is 6.47. The Morgan fingerprint density at radius 1 is 1.30 bits per heavy atom. The van der Waals surface area contributed by atoms with Gasteiger partial charge < -0.3 is 20.1 Å². The normalized spacial score (nSPS) is 16.3. The van der Waals surface area contributed by atoms with Gasteiger partial charge in [0.2, 0.25) is 0 Å². The predicted octanol–water partition coefficient (Wildman–Crippen LogP) is 1.89. The fourth-order valence-electron chi connectivity index (χ4n) is 2.60. The molecular formula is C15H24N4O4. The first-order valence-electron chi connectivity index (χ1n) is 7.63. The SMILES string of the molecule is COC(=O)c1[nH]nc(C2CCN(C(=O)OC(C)(C)C)CC2)c1N. The number of esters is 1. The number of hydrogen-bond donors (Lipinski definition) is 2. The van der Waals surface area contributed by atoms with E-state index in [2.05, 4.69) is 14.9 Å². The molecule has 3 N–H and O–H groups in total. The smallest absolute Gasteiger partial charge is 0.410 e. The first-order valence-corrected chi connectivity index (χ1v) is 7.63. The van der Waals surface area contributed by atoms with Crippen molar-refractivity contribution in [3.05, 3.63) is 11.4 Å². The molecule has 1 aliphatic heterocycles. The summed E-state index contributed by atoms with van der Waals surface area (Å²) in [6.45, 7) is 6.67. The first-order chi connectivity index (χ1) is 10.7. The molecule has 0 aliphatic carbocycles. The van der Waals surface area contributed by atoms with Crippen molar-refractivity contribution in [3.8, 4) is 0 Å². The Morgan fingerprint density at radius 2 is 1.91 bits per heavy atom. The molecule has 1 aromatic rings. The maximum absolute atomic E-state index is 12.1. The van der Waals surface area contributed by atoms with Crippen LogP contribution in [0.1, 0.15) is 55.7 Å². The molecule has 0 unspecified atom stereocenters. The number of anilines is 1. The van der Waals surface area contributed by atoms with E-state index in [1.54, 1.807) is 4.90 Å². The summed E-state index contributed by atoms with van der Waals surface area (Å²) in [6, 6.07) is 0. The first kappa shape index (κ1) is 17.1. The Labute approximate surface area is 135 Å². The van der Waals surface area contributed by atoms with Gasteiger partial charge >= 0.3 is 12.1 Å². The van der Waals surface area contributed by atoms with Crippen LogP contribution in [0.15, 0.2) is 0 Å². The molecule has 8 heteroatoms.